The van der Waals surface area contributed by atoms with Crippen molar-refractivity contribution in [3.8, 4) is 11.1 Å². The van der Waals surface area contributed by atoms with Crippen LogP contribution in [0.3, 0.4) is 0 Å². The number of thiazole rings is 2. The Labute approximate surface area is 153 Å². The lowest BCUT2D eigenvalue weighted by molar-refractivity contribution is -0.120. The molecule has 1 amide bonds. The van der Waals surface area contributed by atoms with Gasteiger partial charge in [-0.3, -0.25) is 9.78 Å². The number of carbonyl (C=O) groups excluding carboxylic acids is 1. The number of nitrogens with zero attached hydrogens (tertiary/aromatic N) is 2. The first-order chi connectivity index (χ1) is 12.3. The number of carbonyl (C=O) groups is 1. The molecule has 0 radical (unpaired) electrons. The van der Waals surface area contributed by atoms with Crippen molar-refractivity contribution in [2.45, 2.75) is 13.0 Å². The van der Waals surface area contributed by atoms with Crippen molar-refractivity contribution in [1.82, 2.24) is 15.3 Å². The maximum Gasteiger partial charge on any atom is 0.227 e. The van der Waals surface area contributed by atoms with Crippen molar-refractivity contribution in [2.24, 2.45) is 0 Å². The number of amides is 1. The molecule has 0 fully saturated rings. The first kappa shape index (κ1) is 15.9. The van der Waals surface area contributed by atoms with Gasteiger partial charge in [0.15, 0.2) is 0 Å². The molecule has 0 aliphatic rings. The van der Waals surface area contributed by atoms with Crippen molar-refractivity contribution in [2.75, 3.05) is 0 Å². The highest BCUT2D eigenvalue weighted by Gasteiger charge is 2.10. The Balaban J connectivity index is 1.48. The summed E-state index contributed by atoms with van der Waals surface area (Å²) in [5, 5.41) is 3.75. The van der Waals surface area contributed by atoms with Crippen LogP contribution >= 0.6 is 22.7 Å². The summed E-state index contributed by atoms with van der Waals surface area (Å²) in [5.74, 6) is -0.0178. The Bertz CT molecular complexity index is 994. The van der Waals surface area contributed by atoms with Gasteiger partial charge in [-0.2, -0.15) is 0 Å². The maximum absolute atomic E-state index is 12.1. The lowest BCUT2D eigenvalue weighted by Crippen LogP contribution is -2.24. The first-order valence-electron chi connectivity index (χ1n) is 7.87. The van der Waals surface area contributed by atoms with E-state index in [0.29, 0.717) is 13.0 Å². The predicted molar refractivity (Wildman–Crippen MR) is 103 cm³/mol. The van der Waals surface area contributed by atoms with E-state index < -0.39 is 0 Å². The number of rotatable bonds is 5. The summed E-state index contributed by atoms with van der Waals surface area (Å²) in [6.45, 7) is 0.520. The number of hydrogen-bond donors (Lipinski definition) is 1. The fourth-order valence-electron chi connectivity index (χ4n) is 2.57. The Morgan fingerprint density at radius 2 is 1.96 bits per heavy atom. The van der Waals surface area contributed by atoms with Crippen LogP contribution in [0.4, 0.5) is 0 Å². The molecule has 6 heteroatoms. The van der Waals surface area contributed by atoms with Crippen LogP contribution in [-0.2, 0) is 17.8 Å². The van der Waals surface area contributed by atoms with Gasteiger partial charge in [-0.25, -0.2) is 4.98 Å². The van der Waals surface area contributed by atoms with E-state index in [1.54, 1.807) is 23.0 Å². The second-order valence-electron chi connectivity index (χ2n) is 5.58. The normalized spacial score (nSPS) is 10.9. The zero-order valence-corrected chi connectivity index (χ0v) is 14.9. The van der Waals surface area contributed by atoms with Crippen molar-refractivity contribution in [3.05, 3.63) is 70.1 Å². The number of aromatic nitrogens is 2. The standard InChI is InChI=1S/C19H15N3OS2/c23-18(21-11-15-10-20-12-24-15)9-19-22-16-7-6-14(8-17(16)25-19)13-4-2-1-3-5-13/h1-8,10,12H,9,11H2,(H,21,23). The van der Waals surface area contributed by atoms with Crippen molar-refractivity contribution in [1.29, 1.82) is 0 Å². The van der Waals surface area contributed by atoms with Gasteiger partial charge >= 0.3 is 0 Å². The third kappa shape index (κ3) is 3.75. The van der Waals surface area contributed by atoms with E-state index in [1.165, 1.54) is 16.9 Å². The molecule has 4 rings (SSSR count). The van der Waals surface area contributed by atoms with Gasteiger partial charge in [0.2, 0.25) is 5.91 Å². The molecule has 0 atom stereocenters. The third-order valence-corrected chi connectivity index (χ3v) is 5.59. The van der Waals surface area contributed by atoms with Crippen LogP contribution in [-0.4, -0.2) is 15.9 Å². The van der Waals surface area contributed by atoms with E-state index in [0.717, 1.165) is 25.7 Å². The van der Waals surface area contributed by atoms with E-state index >= 15 is 0 Å². The molecule has 2 aromatic heterocycles. The lowest BCUT2D eigenvalue weighted by Gasteiger charge is -2.00. The molecular formula is C19H15N3OS2. The van der Waals surface area contributed by atoms with Crippen LogP contribution in [0.15, 0.2) is 60.2 Å². The van der Waals surface area contributed by atoms with Crippen LogP contribution in [0.5, 0.6) is 0 Å². The summed E-state index contributed by atoms with van der Waals surface area (Å²) in [6, 6.07) is 16.5. The molecule has 2 heterocycles. The van der Waals surface area contributed by atoms with Crippen molar-refractivity contribution < 1.29 is 4.79 Å². The van der Waals surface area contributed by atoms with Crippen LogP contribution in [0, 0.1) is 0 Å². The second-order valence-corrected chi connectivity index (χ2v) is 7.66. The van der Waals surface area contributed by atoms with Gasteiger partial charge in [0.05, 0.1) is 28.7 Å². The zero-order valence-electron chi connectivity index (χ0n) is 13.3. The van der Waals surface area contributed by atoms with Gasteiger partial charge < -0.3 is 5.32 Å². The van der Waals surface area contributed by atoms with Crippen molar-refractivity contribution in [3.63, 3.8) is 0 Å². The number of hydrogen-bond acceptors (Lipinski definition) is 5. The minimum Gasteiger partial charge on any atom is -0.351 e. The highest BCUT2D eigenvalue weighted by molar-refractivity contribution is 7.18. The lowest BCUT2D eigenvalue weighted by atomic mass is 10.1. The van der Waals surface area contributed by atoms with E-state index in [9.17, 15) is 4.79 Å². The Kier molecular flexibility index (Phi) is 4.54. The first-order valence-corrected chi connectivity index (χ1v) is 9.56. The molecule has 0 aliphatic heterocycles. The molecule has 4 nitrogen and oxygen atoms in total. The minimum atomic E-state index is -0.0178. The van der Waals surface area contributed by atoms with E-state index in [2.05, 4.69) is 39.6 Å². The highest BCUT2D eigenvalue weighted by Crippen LogP contribution is 2.28. The smallest absolute Gasteiger partial charge is 0.227 e. The molecule has 0 unspecified atom stereocenters. The molecule has 25 heavy (non-hydrogen) atoms. The summed E-state index contributed by atoms with van der Waals surface area (Å²) in [7, 11) is 0. The van der Waals surface area contributed by atoms with Crippen LogP contribution in [0.1, 0.15) is 9.88 Å². The van der Waals surface area contributed by atoms with Crippen LogP contribution in [0.2, 0.25) is 0 Å². The topological polar surface area (TPSA) is 54.9 Å². The maximum atomic E-state index is 12.1. The summed E-state index contributed by atoms with van der Waals surface area (Å²) < 4.78 is 1.10. The van der Waals surface area contributed by atoms with Gasteiger partial charge in [-0.05, 0) is 23.3 Å². The number of nitrogens with one attached hydrogen (secondary N) is 1. The average Bonchev–Trinajstić information content (AvgIpc) is 3.29. The number of benzene rings is 2. The predicted octanol–water partition coefficient (Wildman–Crippen LogP) is 4.28. The van der Waals surface area contributed by atoms with Crippen LogP contribution < -0.4 is 5.32 Å². The van der Waals surface area contributed by atoms with E-state index in [4.69, 9.17) is 0 Å². The third-order valence-electron chi connectivity index (χ3n) is 3.79. The molecule has 0 saturated carbocycles. The van der Waals surface area contributed by atoms with Gasteiger partial charge in [-0.15, -0.1) is 22.7 Å². The van der Waals surface area contributed by atoms with Gasteiger partial charge in [0, 0.05) is 11.1 Å². The quantitative estimate of drug-likeness (QED) is 0.574. The second kappa shape index (κ2) is 7.13. The summed E-state index contributed by atoms with van der Waals surface area (Å²) >= 11 is 3.11. The molecular weight excluding hydrogens is 350 g/mol. The average molecular weight is 365 g/mol. The van der Waals surface area contributed by atoms with Gasteiger partial charge in [-0.1, -0.05) is 36.4 Å². The fraction of sp³-hybridized carbons (Fsp3) is 0.105. The van der Waals surface area contributed by atoms with Gasteiger partial charge in [0.1, 0.15) is 5.01 Å². The summed E-state index contributed by atoms with van der Waals surface area (Å²) in [4.78, 5) is 21.7. The fourth-order valence-corrected chi connectivity index (χ4v) is 4.11. The molecule has 0 saturated heterocycles. The largest absolute Gasteiger partial charge is 0.351 e. The molecule has 1 N–H and O–H groups in total. The molecule has 0 spiro atoms. The highest BCUT2D eigenvalue weighted by atomic mass is 32.1. The molecule has 124 valence electrons. The molecule has 0 bridgehead atoms. The van der Waals surface area contributed by atoms with Gasteiger partial charge in [0.25, 0.3) is 0 Å². The monoisotopic (exact) mass is 365 g/mol. The van der Waals surface area contributed by atoms with Crippen LogP contribution in [0.25, 0.3) is 21.3 Å². The Hall–Kier alpha value is -2.57. The zero-order chi connectivity index (χ0) is 17.1. The molecule has 2 aromatic carbocycles. The SMILES string of the molecule is O=C(Cc1nc2ccc(-c3ccccc3)cc2s1)NCc1cncs1. The summed E-state index contributed by atoms with van der Waals surface area (Å²) in [5.41, 5.74) is 5.05. The minimum absolute atomic E-state index is 0.0178. The molecule has 0 aliphatic carbocycles. The Morgan fingerprint density at radius 3 is 2.76 bits per heavy atom. The van der Waals surface area contributed by atoms with Crippen molar-refractivity contribution >= 4 is 38.8 Å². The Morgan fingerprint density at radius 1 is 1.08 bits per heavy atom. The summed E-state index contributed by atoms with van der Waals surface area (Å²) in [6.07, 6.45) is 2.08. The van der Waals surface area contributed by atoms with E-state index in [1.807, 2.05) is 24.3 Å². The van der Waals surface area contributed by atoms with E-state index in [-0.39, 0.29) is 5.91 Å². The molecule has 4 aromatic rings. The number of fused-ring (bicyclic) bond motifs is 1.